The molecule has 0 aromatic heterocycles. The first-order chi connectivity index (χ1) is 9.97. The zero-order valence-electron chi connectivity index (χ0n) is 12.7. The van der Waals surface area contributed by atoms with Crippen LogP contribution in [0, 0.1) is 0 Å². The second kappa shape index (κ2) is 8.74. The molecule has 1 unspecified atom stereocenters. The Bertz CT molecular complexity index is 478. The van der Waals surface area contributed by atoms with Crippen LogP contribution in [-0.2, 0) is 11.2 Å². The highest BCUT2D eigenvalue weighted by Crippen LogP contribution is 2.35. The smallest absolute Gasteiger partial charge is 0.223 e. The minimum absolute atomic E-state index is 0.0288. The summed E-state index contributed by atoms with van der Waals surface area (Å²) >= 11 is 6.07. The predicted molar refractivity (Wildman–Crippen MR) is 84.2 cm³/mol. The molecule has 0 saturated carbocycles. The van der Waals surface area contributed by atoms with E-state index in [1.54, 1.807) is 13.2 Å². The highest BCUT2D eigenvalue weighted by Gasteiger charge is 2.14. The lowest BCUT2D eigenvalue weighted by atomic mass is 10.1. The number of carbonyl (C=O) groups is 1. The van der Waals surface area contributed by atoms with Crippen LogP contribution in [0.2, 0.25) is 5.02 Å². The summed E-state index contributed by atoms with van der Waals surface area (Å²) in [7, 11) is 1.55. The number of halogens is 1. The van der Waals surface area contributed by atoms with Crippen LogP contribution >= 0.6 is 11.6 Å². The highest BCUT2D eigenvalue weighted by atomic mass is 35.5. The maximum atomic E-state index is 11.4. The number of nitrogens with two attached hydrogens (primary N) is 1. The highest BCUT2D eigenvalue weighted by molar-refractivity contribution is 6.30. The summed E-state index contributed by atoms with van der Waals surface area (Å²) in [5, 5.41) is 3.29. The molecule has 1 atom stereocenters. The summed E-state index contributed by atoms with van der Waals surface area (Å²) in [6.45, 7) is 4.67. The number of hydrogen-bond donors (Lipinski definition) is 2. The first kappa shape index (κ1) is 17.6. The summed E-state index contributed by atoms with van der Waals surface area (Å²) in [5.74, 6) is 1.11. The molecule has 1 amide bonds. The fourth-order valence-electron chi connectivity index (χ4n) is 1.97. The van der Waals surface area contributed by atoms with Gasteiger partial charge in [-0.2, -0.15) is 0 Å². The third kappa shape index (κ3) is 5.81. The predicted octanol–water partition coefficient (Wildman–Crippen LogP) is 2.14. The fraction of sp³-hybridized carbons (Fsp3) is 0.533. The van der Waals surface area contributed by atoms with E-state index in [-0.39, 0.29) is 25.0 Å². The minimum atomic E-state index is -0.0424. The van der Waals surface area contributed by atoms with Gasteiger partial charge in [0.2, 0.25) is 5.91 Å². The van der Waals surface area contributed by atoms with E-state index in [1.807, 2.05) is 19.9 Å². The molecule has 21 heavy (non-hydrogen) atoms. The van der Waals surface area contributed by atoms with E-state index >= 15 is 0 Å². The molecule has 0 saturated heterocycles. The van der Waals surface area contributed by atoms with Crippen LogP contribution in [-0.4, -0.2) is 32.2 Å². The Morgan fingerprint density at radius 1 is 1.48 bits per heavy atom. The number of hydrogen-bond acceptors (Lipinski definition) is 4. The number of carbonyl (C=O) groups excluding carboxylic acids is 1. The van der Waals surface area contributed by atoms with E-state index in [0.717, 1.165) is 5.56 Å². The van der Waals surface area contributed by atoms with Crippen molar-refractivity contribution in [3.63, 3.8) is 0 Å². The molecule has 3 N–H and O–H groups in total. The van der Waals surface area contributed by atoms with Gasteiger partial charge in [-0.05, 0) is 26.3 Å². The third-order valence-corrected chi connectivity index (χ3v) is 3.03. The Morgan fingerprint density at radius 3 is 2.76 bits per heavy atom. The molecule has 1 rings (SSSR count). The van der Waals surface area contributed by atoms with Gasteiger partial charge in [0.05, 0.1) is 20.1 Å². The van der Waals surface area contributed by atoms with E-state index in [4.69, 9.17) is 26.8 Å². The van der Waals surface area contributed by atoms with Crippen molar-refractivity contribution in [3.8, 4) is 11.5 Å². The van der Waals surface area contributed by atoms with Gasteiger partial charge in [-0.3, -0.25) is 4.79 Å². The van der Waals surface area contributed by atoms with Gasteiger partial charge in [0.25, 0.3) is 0 Å². The average molecular weight is 315 g/mol. The molecular formula is C15H23ClN2O3. The lowest BCUT2D eigenvalue weighted by molar-refractivity contribution is -0.121. The number of benzene rings is 1. The van der Waals surface area contributed by atoms with Crippen molar-refractivity contribution in [2.75, 3.05) is 20.3 Å². The molecule has 0 aliphatic rings. The van der Waals surface area contributed by atoms with E-state index < -0.39 is 0 Å². The number of amides is 1. The summed E-state index contributed by atoms with van der Waals surface area (Å²) < 4.78 is 11.0. The molecule has 118 valence electrons. The maximum absolute atomic E-state index is 11.4. The van der Waals surface area contributed by atoms with Crippen molar-refractivity contribution in [3.05, 3.63) is 22.7 Å². The molecule has 0 bridgehead atoms. The first-order valence-electron chi connectivity index (χ1n) is 6.99. The molecule has 0 radical (unpaired) electrons. The summed E-state index contributed by atoms with van der Waals surface area (Å²) in [4.78, 5) is 11.4. The van der Waals surface area contributed by atoms with Gasteiger partial charge >= 0.3 is 0 Å². The zero-order valence-corrected chi connectivity index (χ0v) is 13.5. The van der Waals surface area contributed by atoms with Gasteiger partial charge in [-0.1, -0.05) is 11.6 Å². The zero-order chi connectivity index (χ0) is 15.8. The summed E-state index contributed by atoms with van der Waals surface area (Å²) in [6, 6.07) is 3.47. The quantitative estimate of drug-likeness (QED) is 0.771. The largest absolute Gasteiger partial charge is 0.493 e. The van der Waals surface area contributed by atoms with Crippen LogP contribution in [0.5, 0.6) is 11.5 Å². The van der Waals surface area contributed by atoms with Crippen LogP contribution in [0.1, 0.15) is 25.8 Å². The van der Waals surface area contributed by atoms with Gasteiger partial charge in [0.1, 0.15) is 0 Å². The monoisotopic (exact) mass is 314 g/mol. The number of methoxy groups -OCH3 is 1. The Kier molecular flexibility index (Phi) is 7.32. The number of nitrogens with one attached hydrogen (secondary N) is 1. The second-order valence-electron chi connectivity index (χ2n) is 4.83. The van der Waals surface area contributed by atoms with Crippen LogP contribution < -0.4 is 20.5 Å². The van der Waals surface area contributed by atoms with Gasteiger partial charge in [0, 0.05) is 29.2 Å². The Labute approximate surface area is 130 Å². The molecular weight excluding hydrogens is 292 g/mol. The third-order valence-electron chi connectivity index (χ3n) is 2.81. The van der Waals surface area contributed by atoms with E-state index in [0.29, 0.717) is 29.5 Å². The van der Waals surface area contributed by atoms with Gasteiger partial charge in [0.15, 0.2) is 11.5 Å². The SMILES string of the molecule is CCNC(=O)CCOc1c(CC(C)N)cc(Cl)cc1OC. The number of rotatable bonds is 8. The van der Waals surface area contributed by atoms with Crippen molar-refractivity contribution in [1.82, 2.24) is 5.32 Å². The summed E-state index contributed by atoms with van der Waals surface area (Å²) in [5.41, 5.74) is 6.73. The van der Waals surface area contributed by atoms with Crippen molar-refractivity contribution in [2.24, 2.45) is 5.73 Å². The Balaban J connectivity index is 2.84. The Hall–Kier alpha value is -1.46. The minimum Gasteiger partial charge on any atom is -0.493 e. The van der Waals surface area contributed by atoms with Gasteiger partial charge in [-0.15, -0.1) is 0 Å². The molecule has 1 aromatic rings. The van der Waals surface area contributed by atoms with Crippen LogP contribution in [0.25, 0.3) is 0 Å². The average Bonchev–Trinajstić information content (AvgIpc) is 2.40. The molecule has 0 spiro atoms. The fourth-order valence-corrected chi connectivity index (χ4v) is 2.20. The summed E-state index contributed by atoms with van der Waals surface area (Å²) in [6.07, 6.45) is 0.907. The topological polar surface area (TPSA) is 73.6 Å². The normalized spacial score (nSPS) is 11.9. The molecule has 0 fully saturated rings. The molecule has 5 nitrogen and oxygen atoms in total. The van der Waals surface area contributed by atoms with Crippen molar-refractivity contribution in [1.29, 1.82) is 0 Å². The van der Waals surface area contributed by atoms with Crippen molar-refractivity contribution < 1.29 is 14.3 Å². The molecule has 0 heterocycles. The molecule has 0 aliphatic carbocycles. The van der Waals surface area contributed by atoms with Crippen LogP contribution in [0.15, 0.2) is 12.1 Å². The molecule has 0 aliphatic heterocycles. The van der Waals surface area contributed by atoms with Gasteiger partial charge in [-0.25, -0.2) is 0 Å². The van der Waals surface area contributed by atoms with Crippen molar-refractivity contribution in [2.45, 2.75) is 32.7 Å². The second-order valence-corrected chi connectivity index (χ2v) is 5.27. The molecule has 1 aromatic carbocycles. The van der Waals surface area contributed by atoms with E-state index in [2.05, 4.69) is 5.32 Å². The van der Waals surface area contributed by atoms with Crippen LogP contribution in [0.4, 0.5) is 0 Å². The van der Waals surface area contributed by atoms with Gasteiger partial charge < -0.3 is 20.5 Å². The lowest BCUT2D eigenvalue weighted by Crippen LogP contribution is -2.24. The van der Waals surface area contributed by atoms with E-state index in [9.17, 15) is 4.79 Å². The van der Waals surface area contributed by atoms with Crippen molar-refractivity contribution >= 4 is 17.5 Å². The maximum Gasteiger partial charge on any atom is 0.223 e. The Morgan fingerprint density at radius 2 is 2.19 bits per heavy atom. The van der Waals surface area contributed by atoms with E-state index in [1.165, 1.54) is 0 Å². The standard InChI is InChI=1S/C15H23ClN2O3/c1-4-18-14(19)5-6-21-15-11(7-10(2)17)8-12(16)9-13(15)20-3/h8-10H,4-7,17H2,1-3H3,(H,18,19). The first-order valence-corrected chi connectivity index (χ1v) is 7.37. The lowest BCUT2D eigenvalue weighted by Gasteiger charge is -2.17. The van der Waals surface area contributed by atoms with Crippen LogP contribution in [0.3, 0.4) is 0 Å². The molecule has 6 heteroatoms. The number of ether oxygens (including phenoxy) is 2.